The van der Waals surface area contributed by atoms with Gasteiger partial charge in [0.2, 0.25) is 0 Å². The maximum absolute atomic E-state index is 14.1. The van der Waals surface area contributed by atoms with Crippen molar-refractivity contribution in [2.75, 3.05) is 11.9 Å². The largest absolute Gasteiger partial charge is 0.462 e. The number of hydrogen-bond acceptors (Lipinski definition) is 4. The molecule has 5 nitrogen and oxygen atoms in total. The van der Waals surface area contributed by atoms with Crippen LogP contribution in [0.2, 0.25) is 0 Å². The Morgan fingerprint density at radius 3 is 2.11 bits per heavy atom. The fourth-order valence-electron chi connectivity index (χ4n) is 2.67. The lowest BCUT2D eigenvalue weighted by atomic mass is 9.98. The highest BCUT2D eigenvalue weighted by atomic mass is 19.1. The van der Waals surface area contributed by atoms with Gasteiger partial charge in [-0.25, -0.2) is 13.6 Å². The molecule has 0 bridgehead atoms. The van der Waals surface area contributed by atoms with Crippen molar-refractivity contribution in [3.05, 3.63) is 52.5 Å². The number of anilines is 1. The van der Waals surface area contributed by atoms with Gasteiger partial charge in [-0.3, -0.25) is 4.79 Å². The van der Waals surface area contributed by atoms with Crippen molar-refractivity contribution in [2.45, 2.75) is 46.5 Å². The molecular formula is C20H23F2NO4. The number of furan rings is 1. The first-order chi connectivity index (χ1) is 12.6. The molecule has 0 saturated heterocycles. The number of esters is 1. The van der Waals surface area contributed by atoms with E-state index >= 15 is 0 Å². The zero-order chi connectivity index (χ0) is 20.3. The van der Waals surface area contributed by atoms with Gasteiger partial charge in [0.25, 0.3) is 5.91 Å². The highest BCUT2D eigenvalue weighted by Crippen LogP contribution is 2.30. The Morgan fingerprint density at radius 2 is 1.67 bits per heavy atom. The molecule has 0 fully saturated rings. The maximum Gasteiger partial charge on any atom is 0.344 e. The number of nitrogens with one attached hydrogen (secondary N) is 1. The van der Waals surface area contributed by atoms with E-state index in [0.717, 1.165) is 17.7 Å². The van der Waals surface area contributed by atoms with Crippen LogP contribution in [0.15, 0.2) is 22.6 Å². The van der Waals surface area contributed by atoms with Crippen molar-refractivity contribution in [2.24, 2.45) is 0 Å². The third kappa shape index (κ3) is 4.53. The number of carbonyl (C=O) groups excluding carboxylic acids is 2. The lowest BCUT2D eigenvalue weighted by Crippen LogP contribution is -2.14. The highest BCUT2D eigenvalue weighted by molar-refractivity contribution is 6.02. The summed E-state index contributed by atoms with van der Waals surface area (Å²) in [6.45, 7) is 9.39. The zero-order valence-corrected chi connectivity index (χ0v) is 16.0. The molecule has 1 heterocycles. The third-order valence-electron chi connectivity index (χ3n) is 3.94. The van der Waals surface area contributed by atoms with Gasteiger partial charge in [-0.1, -0.05) is 27.7 Å². The Morgan fingerprint density at radius 1 is 1.07 bits per heavy atom. The highest BCUT2D eigenvalue weighted by Gasteiger charge is 2.23. The molecule has 0 unspecified atom stereocenters. The number of ether oxygens (including phenoxy) is 1. The van der Waals surface area contributed by atoms with E-state index in [-0.39, 0.29) is 29.9 Å². The quantitative estimate of drug-likeness (QED) is 0.698. The number of halogens is 2. The summed E-state index contributed by atoms with van der Waals surface area (Å²) in [6.07, 6.45) is 0. The smallest absolute Gasteiger partial charge is 0.344 e. The first-order valence-corrected chi connectivity index (χ1v) is 8.76. The number of carbonyl (C=O) groups is 2. The molecule has 2 aromatic rings. The lowest BCUT2D eigenvalue weighted by Gasteiger charge is -2.08. The van der Waals surface area contributed by atoms with Gasteiger partial charge in [0.15, 0.2) is 5.76 Å². The number of amides is 1. The molecule has 0 atom stereocenters. The second kappa shape index (κ2) is 8.33. The molecule has 0 aliphatic carbocycles. The first kappa shape index (κ1) is 20.6. The van der Waals surface area contributed by atoms with Gasteiger partial charge in [0.1, 0.15) is 23.0 Å². The molecule has 1 aromatic carbocycles. The van der Waals surface area contributed by atoms with E-state index in [1.54, 1.807) is 6.07 Å². The van der Waals surface area contributed by atoms with Crippen molar-refractivity contribution in [1.82, 2.24) is 0 Å². The van der Waals surface area contributed by atoms with E-state index in [2.05, 4.69) is 10.1 Å². The van der Waals surface area contributed by atoms with Crippen LogP contribution in [0.5, 0.6) is 0 Å². The van der Waals surface area contributed by atoms with Crippen LogP contribution in [0.3, 0.4) is 0 Å². The Balaban J connectivity index is 2.28. The van der Waals surface area contributed by atoms with Gasteiger partial charge in [0, 0.05) is 11.6 Å². The lowest BCUT2D eigenvalue weighted by molar-refractivity contribution is 0.0515. The monoisotopic (exact) mass is 379 g/mol. The summed E-state index contributed by atoms with van der Waals surface area (Å²) in [5.41, 5.74) is -0.0150. The average molecular weight is 379 g/mol. The molecule has 1 aromatic heterocycles. The molecule has 0 spiro atoms. The van der Waals surface area contributed by atoms with Crippen molar-refractivity contribution in [1.29, 1.82) is 0 Å². The van der Waals surface area contributed by atoms with Crippen molar-refractivity contribution >= 4 is 17.6 Å². The number of rotatable bonds is 6. The van der Waals surface area contributed by atoms with Crippen LogP contribution in [0.1, 0.15) is 78.7 Å². The van der Waals surface area contributed by atoms with Gasteiger partial charge in [-0.05, 0) is 36.6 Å². The van der Waals surface area contributed by atoms with Crippen molar-refractivity contribution < 1.29 is 27.5 Å². The van der Waals surface area contributed by atoms with Gasteiger partial charge in [0.05, 0.1) is 6.61 Å². The second-order valence-electron chi connectivity index (χ2n) is 6.73. The Labute approximate surface area is 156 Å². The van der Waals surface area contributed by atoms with Crippen LogP contribution in [-0.2, 0) is 4.74 Å². The van der Waals surface area contributed by atoms with E-state index < -0.39 is 29.1 Å². The molecule has 0 saturated carbocycles. The Hall–Kier alpha value is -2.70. The summed E-state index contributed by atoms with van der Waals surface area (Å²) in [5.74, 6) is -2.97. The Bertz CT molecular complexity index is 807. The standard InChI is InChI=1S/C20H23F2NO4/c1-6-26-20(25)17-14(21)7-12(8-15(17)22)23-19(24)16-9-13(10(2)3)18(27-16)11(4)5/h7-11H,6H2,1-5H3,(H,23,24). The minimum Gasteiger partial charge on any atom is -0.462 e. The molecule has 2 rings (SSSR count). The first-order valence-electron chi connectivity index (χ1n) is 8.76. The fourth-order valence-corrected chi connectivity index (χ4v) is 2.67. The predicted octanol–water partition coefficient (Wildman–Crippen LogP) is 5.23. The van der Waals surface area contributed by atoms with Crippen molar-refractivity contribution in [3.63, 3.8) is 0 Å². The number of hydrogen-bond donors (Lipinski definition) is 1. The fraction of sp³-hybridized carbons (Fsp3) is 0.400. The van der Waals surface area contributed by atoms with E-state index in [0.29, 0.717) is 5.76 Å². The summed E-state index contributed by atoms with van der Waals surface area (Å²) in [5, 5.41) is 2.39. The second-order valence-corrected chi connectivity index (χ2v) is 6.73. The van der Waals surface area contributed by atoms with Crippen molar-refractivity contribution in [3.8, 4) is 0 Å². The minimum atomic E-state index is -1.12. The molecule has 0 radical (unpaired) electrons. The minimum absolute atomic E-state index is 0.00887. The summed E-state index contributed by atoms with van der Waals surface area (Å²) in [7, 11) is 0. The molecule has 1 amide bonds. The normalized spacial score (nSPS) is 11.1. The van der Waals surface area contributed by atoms with Crippen LogP contribution in [0.25, 0.3) is 0 Å². The molecular weight excluding hydrogens is 356 g/mol. The molecule has 146 valence electrons. The SMILES string of the molecule is CCOC(=O)c1c(F)cc(NC(=O)c2cc(C(C)C)c(C(C)C)o2)cc1F. The van der Waals surface area contributed by atoms with Gasteiger partial charge in [-0.2, -0.15) is 0 Å². The summed E-state index contributed by atoms with van der Waals surface area (Å²) in [6, 6.07) is 3.36. The average Bonchev–Trinajstić information content (AvgIpc) is 3.00. The predicted molar refractivity (Wildman–Crippen MR) is 97.2 cm³/mol. The van der Waals surface area contributed by atoms with Crippen LogP contribution >= 0.6 is 0 Å². The van der Waals surface area contributed by atoms with Crippen LogP contribution in [0.4, 0.5) is 14.5 Å². The Kier molecular flexibility index (Phi) is 6.36. The topological polar surface area (TPSA) is 68.5 Å². The van der Waals surface area contributed by atoms with Gasteiger partial charge < -0.3 is 14.5 Å². The van der Waals surface area contributed by atoms with Crippen LogP contribution < -0.4 is 5.32 Å². The van der Waals surface area contributed by atoms with Crippen LogP contribution in [0, 0.1) is 11.6 Å². The van der Waals surface area contributed by atoms with E-state index in [1.165, 1.54) is 6.92 Å². The number of benzene rings is 1. The van der Waals surface area contributed by atoms with E-state index in [1.807, 2.05) is 27.7 Å². The summed E-state index contributed by atoms with van der Waals surface area (Å²) in [4.78, 5) is 24.0. The molecule has 0 aliphatic heterocycles. The zero-order valence-electron chi connectivity index (χ0n) is 16.0. The molecule has 0 aliphatic rings. The van der Waals surface area contributed by atoms with Gasteiger partial charge in [-0.15, -0.1) is 0 Å². The molecule has 7 heteroatoms. The van der Waals surface area contributed by atoms with Crippen LogP contribution in [-0.4, -0.2) is 18.5 Å². The molecule has 27 heavy (non-hydrogen) atoms. The van der Waals surface area contributed by atoms with E-state index in [4.69, 9.17) is 4.42 Å². The van der Waals surface area contributed by atoms with Gasteiger partial charge >= 0.3 is 5.97 Å². The molecule has 1 N–H and O–H groups in total. The third-order valence-corrected chi connectivity index (χ3v) is 3.94. The summed E-state index contributed by atoms with van der Waals surface area (Å²) < 4.78 is 38.5. The van der Waals surface area contributed by atoms with E-state index in [9.17, 15) is 18.4 Å². The summed E-state index contributed by atoms with van der Waals surface area (Å²) >= 11 is 0. The maximum atomic E-state index is 14.1.